The second-order valence-corrected chi connectivity index (χ2v) is 11.0. The molecule has 0 aliphatic carbocycles. The molecular weight excluding hydrogens is 546 g/mol. The predicted octanol–water partition coefficient (Wildman–Crippen LogP) is 10.2. The minimum absolute atomic E-state index is 0.179. The summed E-state index contributed by atoms with van der Waals surface area (Å²) in [7, 11) is 0. The van der Waals surface area contributed by atoms with Gasteiger partial charge in [0, 0.05) is 17.8 Å². The van der Waals surface area contributed by atoms with Crippen molar-refractivity contribution >= 4 is 23.0 Å². The van der Waals surface area contributed by atoms with E-state index in [-0.39, 0.29) is 5.56 Å². The number of non-ortho nitro benzene ring substituents is 2. The molecule has 1 N–H and O–H groups in total. The van der Waals surface area contributed by atoms with Crippen molar-refractivity contribution < 1.29 is 19.4 Å². The predicted molar refractivity (Wildman–Crippen MR) is 170 cm³/mol. The molecule has 0 aromatic heterocycles. The Bertz CT molecular complexity index is 1290. The van der Waals surface area contributed by atoms with Crippen LogP contribution in [0, 0.1) is 20.2 Å². The molecule has 230 valence electrons. The number of hydrogen-bond donors (Lipinski definition) is 1. The molecule has 0 saturated carbocycles. The number of hydrogen-bond acceptors (Lipinski definition) is 6. The van der Waals surface area contributed by atoms with E-state index in [1.54, 1.807) is 24.3 Å². The third kappa shape index (κ3) is 12.2. The average Bonchev–Trinajstić information content (AvgIpc) is 3.00. The highest BCUT2D eigenvalue weighted by molar-refractivity contribution is 6.05. The summed E-state index contributed by atoms with van der Waals surface area (Å²) in [6.07, 6.45) is 18.4. The van der Waals surface area contributed by atoms with Crippen molar-refractivity contribution in [2.45, 2.75) is 96.8 Å². The Morgan fingerprint density at radius 1 is 0.674 bits per heavy atom. The molecule has 0 bridgehead atoms. The quantitative estimate of drug-likeness (QED) is 0.0794. The summed E-state index contributed by atoms with van der Waals surface area (Å²) in [6.45, 7) is 2.26. The molecule has 0 unspecified atom stereocenters. The zero-order valence-corrected chi connectivity index (χ0v) is 25.1. The van der Waals surface area contributed by atoms with Crippen LogP contribution >= 0.6 is 0 Å². The van der Waals surface area contributed by atoms with E-state index in [1.807, 2.05) is 18.2 Å². The number of carbonyl (C=O) groups is 1. The van der Waals surface area contributed by atoms with E-state index in [1.165, 1.54) is 82.6 Å². The third-order valence-electron chi connectivity index (χ3n) is 7.40. The Morgan fingerprint density at radius 2 is 1.21 bits per heavy atom. The number of rotatable bonds is 20. The maximum atomic E-state index is 12.6. The lowest BCUT2D eigenvalue weighted by molar-refractivity contribution is -0.394. The second kappa shape index (κ2) is 18.3. The highest BCUT2D eigenvalue weighted by Crippen LogP contribution is 2.26. The van der Waals surface area contributed by atoms with Crippen molar-refractivity contribution in [3.05, 3.63) is 98.1 Å². The first-order valence-electron chi connectivity index (χ1n) is 15.5. The maximum Gasteiger partial charge on any atom is 0.277 e. The minimum atomic E-state index is -0.774. The van der Waals surface area contributed by atoms with Gasteiger partial charge in [0.2, 0.25) is 0 Å². The first kappa shape index (κ1) is 33.2. The fraction of sp³-hybridized carbons (Fsp3) is 0.441. The molecule has 3 aromatic rings. The van der Waals surface area contributed by atoms with E-state index in [2.05, 4.69) is 18.3 Å². The van der Waals surface area contributed by atoms with Crippen LogP contribution < -0.4 is 10.1 Å². The molecule has 0 atom stereocenters. The Morgan fingerprint density at radius 3 is 1.74 bits per heavy atom. The number of carbonyl (C=O) groups excluding carboxylic acids is 1. The van der Waals surface area contributed by atoms with Crippen molar-refractivity contribution in [1.29, 1.82) is 0 Å². The monoisotopic (exact) mass is 589 g/mol. The van der Waals surface area contributed by atoms with Crippen molar-refractivity contribution in [1.82, 2.24) is 0 Å². The number of benzene rings is 3. The van der Waals surface area contributed by atoms with Gasteiger partial charge in [-0.05, 0) is 54.8 Å². The van der Waals surface area contributed by atoms with Crippen LogP contribution in [0.1, 0.15) is 106 Å². The lowest BCUT2D eigenvalue weighted by Gasteiger charge is -2.10. The number of anilines is 1. The summed E-state index contributed by atoms with van der Waals surface area (Å²) in [4.78, 5) is 33.3. The molecule has 0 aliphatic rings. The first-order chi connectivity index (χ1) is 20.9. The van der Waals surface area contributed by atoms with Gasteiger partial charge in [-0.2, -0.15) is 0 Å². The van der Waals surface area contributed by atoms with Gasteiger partial charge in [0.15, 0.2) is 0 Å². The molecule has 0 fully saturated rings. The van der Waals surface area contributed by atoms with Crippen LogP contribution in [-0.2, 0) is 6.42 Å². The number of nitrogens with one attached hydrogen (secondary N) is 1. The topological polar surface area (TPSA) is 125 Å². The molecule has 9 heteroatoms. The van der Waals surface area contributed by atoms with E-state index in [0.717, 1.165) is 36.8 Å². The van der Waals surface area contributed by atoms with Crippen LogP contribution in [0.2, 0.25) is 0 Å². The highest BCUT2D eigenvalue weighted by atomic mass is 16.6. The molecule has 3 rings (SSSR count). The van der Waals surface area contributed by atoms with Crippen molar-refractivity contribution in [2.24, 2.45) is 0 Å². The number of nitrogens with zero attached hydrogens (tertiary/aromatic N) is 2. The van der Waals surface area contributed by atoms with Crippen LogP contribution in [0.3, 0.4) is 0 Å². The molecule has 3 aromatic carbocycles. The van der Waals surface area contributed by atoms with E-state index in [0.29, 0.717) is 11.4 Å². The van der Waals surface area contributed by atoms with Crippen LogP contribution in [0.4, 0.5) is 17.1 Å². The maximum absolute atomic E-state index is 12.6. The van der Waals surface area contributed by atoms with E-state index < -0.39 is 27.1 Å². The van der Waals surface area contributed by atoms with Gasteiger partial charge < -0.3 is 10.1 Å². The van der Waals surface area contributed by atoms with Crippen molar-refractivity contribution in [3.8, 4) is 11.5 Å². The fourth-order valence-electron chi connectivity index (χ4n) is 4.99. The summed E-state index contributed by atoms with van der Waals surface area (Å²) in [5, 5.41) is 24.8. The number of aryl methyl sites for hydroxylation is 1. The largest absolute Gasteiger partial charge is 0.457 e. The second-order valence-electron chi connectivity index (χ2n) is 11.0. The lowest BCUT2D eigenvalue weighted by Crippen LogP contribution is -2.12. The van der Waals surface area contributed by atoms with Gasteiger partial charge in [-0.3, -0.25) is 25.0 Å². The van der Waals surface area contributed by atoms with Crippen LogP contribution in [0.15, 0.2) is 66.7 Å². The average molecular weight is 590 g/mol. The summed E-state index contributed by atoms with van der Waals surface area (Å²) in [5.74, 6) is 0.622. The summed E-state index contributed by atoms with van der Waals surface area (Å²) >= 11 is 0. The molecule has 0 heterocycles. The molecule has 1 amide bonds. The number of nitro benzene ring substituents is 2. The lowest BCUT2D eigenvalue weighted by atomic mass is 10.0. The third-order valence-corrected chi connectivity index (χ3v) is 7.40. The van der Waals surface area contributed by atoms with Crippen LogP contribution in [-0.4, -0.2) is 15.8 Å². The number of unbranched alkanes of at least 4 members (excludes halogenated alkanes) is 12. The number of nitro groups is 2. The van der Waals surface area contributed by atoms with Crippen molar-refractivity contribution in [3.63, 3.8) is 0 Å². The molecule has 0 saturated heterocycles. The number of ether oxygens (including phenoxy) is 1. The Hall–Kier alpha value is -4.27. The Kier molecular flexibility index (Phi) is 14.1. The van der Waals surface area contributed by atoms with Gasteiger partial charge in [-0.15, -0.1) is 0 Å². The standard InChI is InChI=1S/C34H43N3O6/c1-2-3-4-5-6-7-8-9-10-11-12-13-14-16-27-17-15-18-33(23-27)43-32-21-19-29(20-22-32)35-34(38)28-24-30(36(39)40)26-31(25-28)37(41)42/h15,17-26H,2-14,16H2,1H3,(H,35,38). The number of amides is 1. The van der Waals surface area contributed by atoms with E-state index >= 15 is 0 Å². The van der Waals surface area contributed by atoms with E-state index in [9.17, 15) is 25.0 Å². The summed E-state index contributed by atoms with van der Waals surface area (Å²) in [6, 6.07) is 17.5. The van der Waals surface area contributed by atoms with Gasteiger partial charge in [-0.25, -0.2) is 0 Å². The van der Waals surface area contributed by atoms with Gasteiger partial charge in [0.25, 0.3) is 17.3 Å². The van der Waals surface area contributed by atoms with Gasteiger partial charge in [0.05, 0.1) is 21.5 Å². The van der Waals surface area contributed by atoms with Crippen LogP contribution in [0.25, 0.3) is 0 Å². The summed E-state index contributed by atoms with van der Waals surface area (Å²) in [5.41, 5.74) is 0.415. The molecular formula is C34H43N3O6. The van der Waals surface area contributed by atoms with Gasteiger partial charge in [0.1, 0.15) is 11.5 Å². The zero-order valence-electron chi connectivity index (χ0n) is 25.1. The molecule has 43 heavy (non-hydrogen) atoms. The molecule has 0 aliphatic heterocycles. The van der Waals surface area contributed by atoms with Crippen molar-refractivity contribution in [2.75, 3.05) is 5.32 Å². The first-order valence-corrected chi connectivity index (χ1v) is 15.5. The molecule has 0 spiro atoms. The molecule has 0 radical (unpaired) electrons. The minimum Gasteiger partial charge on any atom is -0.457 e. The fourth-order valence-corrected chi connectivity index (χ4v) is 4.99. The molecule has 9 nitrogen and oxygen atoms in total. The van der Waals surface area contributed by atoms with Crippen LogP contribution in [0.5, 0.6) is 11.5 Å². The van der Waals surface area contributed by atoms with Gasteiger partial charge >= 0.3 is 0 Å². The normalized spacial score (nSPS) is 10.8. The SMILES string of the molecule is CCCCCCCCCCCCCCCc1cccc(Oc2ccc(NC(=O)c3cc([N+](=O)[O-])cc([N+](=O)[O-])c3)cc2)c1. The zero-order chi connectivity index (χ0) is 30.9. The Labute approximate surface area is 254 Å². The highest BCUT2D eigenvalue weighted by Gasteiger charge is 2.20. The Balaban J connectivity index is 1.39. The van der Waals surface area contributed by atoms with E-state index in [4.69, 9.17) is 4.74 Å². The van der Waals surface area contributed by atoms with Gasteiger partial charge in [-0.1, -0.05) is 96.1 Å². The smallest absolute Gasteiger partial charge is 0.277 e. The summed E-state index contributed by atoms with van der Waals surface area (Å²) < 4.78 is 6.00.